The predicted molar refractivity (Wildman–Crippen MR) is 77.3 cm³/mol. The van der Waals surface area contributed by atoms with Gasteiger partial charge < -0.3 is 0 Å². The SMILES string of the molecule is CC(C)c1nnsc1C(NN)c1cccc(Br)c1F. The second-order valence-electron chi connectivity index (χ2n) is 4.42. The number of nitrogens with two attached hydrogens (primary N) is 1. The van der Waals surface area contributed by atoms with Crippen LogP contribution in [-0.2, 0) is 0 Å². The van der Waals surface area contributed by atoms with Gasteiger partial charge in [-0.15, -0.1) is 5.10 Å². The fourth-order valence-corrected chi connectivity index (χ4v) is 3.12. The van der Waals surface area contributed by atoms with Gasteiger partial charge in [0.05, 0.1) is 21.1 Å². The molecule has 0 amide bonds. The zero-order chi connectivity index (χ0) is 14.0. The van der Waals surface area contributed by atoms with Crippen molar-refractivity contribution < 1.29 is 4.39 Å². The van der Waals surface area contributed by atoms with Crippen LogP contribution in [0.15, 0.2) is 22.7 Å². The largest absolute Gasteiger partial charge is 0.271 e. The molecular formula is C12H14BrFN4S. The Morgan fingerprint density at radius 2 is 2.16 bits per heavy atom. The molecule has 0 fully saturated rings. The molecule has 0 spiro atoms. The van der Waals surface area contributed by atoms with Crippen molar-refractivity contribution in [2.45, 2.75) is 25.8 Å². The topological polar surface area (TPSA) is 63.8 Å². The van der Waals surface area contributed by atoms with Crippen LogP contribution >= 0.6 is 27.5 Å². The number of rotatable bonds is 4. The first-order valence-electron chi connectivity index (χ1n) is 5.78. The minimum Gasteiger partial charge on any atom is -0.271 e. The summed E-state index contributed by atoms with van der Waals surface area (Å²) in [5.41, 5.74) is 3.97. The lowest BCUT2D eigenvalue weighted by atomic mass is 10.0. The van der Waals surface area contributed by atoms with Crippen LogP contribution in [0.5, 0.6) is 0 Å². The molecule has 19 heavy (non-hydrogen) atoms. The predicted octanol–water partition coefficient (Wildman–Crippen LogP) is 3.12. The highest BCUT2D eigenvalue weighted by atomic mass is 79.9. The Kier molecular flexibility index (Phi) is 4.62. The summed E-state index contributed by atoms with van der Waals surface area (Å²) in [4.78, 5) is 0.842. The Bertz CT molecular complexity index is 573. The van der Waals surface area contributed by atoms with Crippen LogP contribution in [0, 0.1) is 5.82 Å². The van der Waals surface area contributed by atoms with Gasteiger partial charge in [-0.05, 0) is 39.4 Å². The molecule has 0 aliphatic heterocycles. The molecule has 1 atom stereocenters. The molecule has 3 N–H and O–H groups in total. The molecule has 1 aromatic carbocycles. The van der Waals surface area contributed by atoms with Crippen molar-refractivity contribution in [1.82, 2.24) is 15.0 Å². The van der Waals surface area contributed by atoms with Crippen molar-refractivity contribution in [2.75, 3.05) is 0 Å². The summed E-state index contributed by atoms with van der Waals surface area (Å²) in [6.07, 6.45) is 0. The second kappa shape index (κ2) is 6.04. The quantitative estimate of drug-likeness (QED) is 0.660. The molecule has 2 aromatic rings. The lowest BCUT2D eigenvalue weighted by Crippen LogP contribution is -2.29. The van der Waals surface area contributed by atoms with Crippen molar-refractivity contribution in [2.24, 2.45) is 5.84 Å². The van der Waals surface area contributed by atoms with E-state index >= 15 is 0 Å². The Balaban J connectivity index is 2.50. The number of hydrogen-bond donors (Lipinski definition) is 2. The summed E-state index contributed by atoms with van der Waals surface area (Å²) in [5.74, 6) is 5.49. The number of benzene rings is 1. The fraction of sp³-hybridized carbons (Fsp3) is 0.333. The Morgan fingerprint density at radius 3 is 2.79 bits per heavy atom. The monoisotopic (exact) mass is 344 g/mol. The van der Waals surface area contributed by atoms with E-state index in [0.29, 0.717) is 10.0 Å². The van der Waals surface area contributed by atoms with Gasteiger partial charge in [-0.1, -0.05) is 30.5 Å². The molecule has 102 valence electrons. The molecule has 4 nitrogen and oxygen atoms in total. The molecule has 0 bridgehead atoms. The summed E-state index contributed by atoms with van der Waals surface area (Å²) in [6, 6.07) is 4.68. The third kappa shape index (κ3) is 2.84. The zero-order valence-electron chi connectivity index (χ0n) is 10.5. The zero-order valence-corrected chi connectivity index (χ0v) is 12.9. The van der Waals surface area contributed by atoms with E-state index in [2.05, 4.69) is 30.9 Å². The number of nitrogens with one attached hydrogen (secondary N) is 1. The molecule has 0 aliphatic carbocycles. The maximum absolute atomic E-state index is 14.2. The van der Waals surface area contributed by atoms with Crippen LogP contribution in [0.25, 0.3) is 0 Å². The van der Waals surface area contributed by atoms with Gasteiger partial charge in [-0.2, -0.15) is 0 Å². The molecule has 7 heteroatoms. The highest BCUT2D eigenvalue weighted by Gasteiger charge is 2.24. The van der Waals surface area contributed by atoms with Crippen LogP contribution in [0.3, 0.4) is 0 Å². The van der Waals surface area contributed by atoms with Crippen molar-refractivity contribution in [1.29, 1.82) is 0 Å². The summed E-state index contributed by atoms with van der Waals surface area (Å²) in [7, 11) is 0. The smallest absolute Gasteiger partial charge is 0.142 e. The van der Waals surface area contributed by atoms with Crippen LogP contribution in [0.1, 0.15) is 41.9 Å². The number of aromatic nitrogens is 2. The maximum Gasteiger partial charge on any atom is 0.142 e. The van der Waals surface area contributed by atoms with Crippen LogP contribution in [0.4, 0.5) is 4.39 Å². The van der Waals surface area contributed by atoms with Gasteiger partial charge in [0.1, 0.15) is 5.82 Å². The van der Waals surface area contributed by atoms with Crippen molar-refractivity contribution in [3.63, 3.8) is 0 Å². The van der Waals surface area contributed by atoms with Gasteiger partial charge >= 0.3 is 0 Å². The van der Waals surface area contributed by atoms with Crippen molar-refractivity contribution in [3.8, 4) is 0 Å². The van der Waals surface area contributed by atoms with Crippen LogP contribution < -0.4 is 11.3 Å². The van der Waals surface area contributed by atoms with Gasteiger partial charge in [-0.3, -0.25) is 5.84 Å². The molecule has 1 aromatic heterocycles. The number of nitrogens with zero attached hydrogens (tertiary/aromatic N) is 2. The molecule has 2 rings (SSSR count). The van der Waals surface area contributed by atoms with Gasteiger partial charge in [0.15, 0.2) is 0 Å². The van der Waals surface area contributed by atoms with Gasteiger partial charge in [0.25, 0.3) is 0 Å². The van der Waals surface area contributed by atoms with E-state index < -0.39 is 6.04 Å². The van der Waals surface area contributed by atoms with E-state index in [1.54, 1.807) is 18.2 Å². The van der Waals surface area contributed by atoms with E-state index in [9.17, 15) is 4.39 Å². The molecule has 1 unspecified atom stereocenters. The van der Waals surface area contributed by atoms with Crippen molar-refractivity contribution >= 4 is 27.5 Å². The molecule has 1 heterocycles. The first kappa shape index (κ1) is 14.5. The second-order valence-corrected chi connectivity index (χ2v) is 6.06. The third-order valence-electron chi connectivity index (χ3n) is 2.81. The first-order valence-corrected chi connectivity index (χ1v) is 7.35. The minimum absolute atomic E-state index is 0.208. The van der Waals surface area contributed by atoms with E-state index in [-0.39, 0.29) is 11.7 Å². The summed E-state index contributed by atoms with van der Waals surface area (Å²) < 4.78 is 18.5. The highest BCUT2D eigenvalue weighted by molar-refractivity contribution is 9.10. The average molecular weight is 345 g/mol. The summed E-state index contributed by atoms with van der Waals surface area (Å²) >= 11 is 4.42. The minimum atomic E-state index is -0.449. The lowest BCUT2D eigenvalue weighted by Gasteiger charge is -2.17. The van der Waals surface area contributed by atoms with Crippen molar-refractivity contribution in [3.05, 3.63) is 44.6 Å². The number of halogens is 2. The first-order chi connectivity index (χ1) is 9.06. The summed E-state index contributed by atoms with van der Waals surface area (Å²) in [6.45, 7) is 4.04. The standard InChI is InChI=1S/C12H14BrFN4S/c1-6(2)10-12(19-18-17-10)11(16-15)7-4-3-5-8(13)9(7)14/h3-6,11,16H,15H2,1-2H3. The van der Waals surface area contributed by atoms with Gasteiger partial charge in [-0.25, -0.2) is 9.82 Å². The molecule has 0 radical (unpaired) electrons. The van der Waals surface area contributed by atoms with Crippen LogP contribution in [-0.4, -0.2) is 9.59 Å². The average Bonchev–Trinajstić information content (AvgIpc) is 2.85. The van der Waals surface area contributed by atoms with Crippen LogP contribution in [0.2, 0.25) is 0 Å². The van der Waals surface area contributed by atoms with Gasteiger partial charge in [0, 0.05) is 5.56 Å². The van der Waals surface area contributed by atoms with Gasteiger partial charge in [0.2, 0.25) is 0 Å². The number of hydrazine groups is 1. The molecule has 0 saturated heterocycles. The molecule has 0 aliphatic rings. The molecular weight excluding hydrogens is 331 g/mol. The maximum atomic E-state index is 14.2. The highest BCUT2D eigenvalue weighted by Crippen LogP contribution is 2.33. The van der Waals surface area contributed by atoms with E-state index in [4.69, 9.17) is 5.84 Å². The fourth-order valence-electron chi connectivity index (χ4n) is 1.86. The Morgan fingerprint density at radius 1 is 1.42 bits per heavy atom. The third-order valence-corrected chi connectivity index (χ3v) is 4.23. The Hall–Kier alpha value is -0.890. The van der Waals surface area contributed by atoms with E-state index in [1.165, 1.54) is 11.5 Å². The normalized spacial score (nSPS) is 12.9. The Labute approximate surface area is 123 Å². The lowest BCUT2D eigenvalue weighted by molar-refractivity contribution is 0.555. The van der Waals surface area contributed by atoms with E-state index in [1.807, 2.05) is 13.8 Å². The summed E-state index contributed by atoms with van der Waals surface area (Å²) in [5, 5.41) is 4.10. The number of hydrogen-bond acceptors (Lipinski definition) is 5. The molecule has 0 saturated carbocycles. The van der Waals surface area contributed by atoms with E-state index in [0.717, 1.165) is 10.6 Å².